The summed E-state index contributed by atoms with van der Waals surface area (Å²) in [7, 11) is 1.57. The van der Waals surface area contributed by atoms with Gasteiger partial charge >= 0.3 is 6.03 Å². The molecule has 0 aliphatic carbocycles. The van der Waals surface area contributed by atoms with Crippen LogP contribution in [0.3, 0.4) is 0 Å². The summed E-state index contributed by atoms with van der Waals surface area (Å²) in [6.07, 6.45) is 0. The molecule has 0 unspecified atom stereocenters. The molecule has 1 fully saturated rings. The molecule has 0 spiro atoms. The molecule has 0 aromatic heterocycles. The first-order valence-electron chi connectivity index (χ1n) is 9.00. The van der Waals surface area contributed by atoms with Gasteiger partial charge < -0.3 is 24.4 Å². The van der Waals surface area contributed by atoms with Crippen molar-refractivity contribution in [3.63, 3.8) is 0 Å². The number of amides is 3. The van der Waals surface area contributed by atoms with Gasteiger partial charge in [0.1, 0.15) is 12.3 Å². The van der Waals surface area contributed by atoms with Crippen molar-refractivity contribution in [2.24, 2.45) is 0 Å². The van der Waals surface area contributed by atoms with E-state index in [-0.39, 0.29) is 25.3 Å². The predicted octanol–water partition coefficient (Wildman–Crippen LogP) is 1.98. The van der Waals surface area contributed by atoms with Gasteiger partial charge in [-0.2, -0.15) is 0 Å². The number of nitrogens with one attached hydrogen (secondary N) is 1. The van der Waals surface area contributed by atoms with E-state index in [1.54, 1.807) is 12.0 Å². The molecule has 2 heterocycles. The van der Waals surface area contributed by atoms with E-state index >= 15 is 0 Å². The predicted molar refractivity (Wildman–Crippen MR) is 102 cm³/mol. The van der Waals surface area contributed by atoms with Gasteiger partial charge in [0.15, 0.2) is 11.5 Å². The number of anilines is 1. The first-order chi connectivity index (χ1) is 13.7. The van der Waals surface area contributed by atoms with Crippen LogP contribution in [-0.2, 0) is 11.3 Å². The highest BCUT2D eigenvalue weighted by Gasteiger charge is 2.32. The minimum atomic E-state index is -0.215. The number of hydrogen-bond donors (Lipinski definition) is 1. The maximum absolute atomic E-state index is 12.7. The van der Waals surface area contributed by atoms with Gasteiger partial charge in [-0.1, -0.05) is 18.2 Å². The Labute approximate surface area is 162 Å². The van der Waals surface area contributed by atoms with Crippen LogP contribution in [0.25, 0.3) is 0 Å². The molecule has 0 atom stereocenters. The highest BCUT2D eigenvalue weighted by atomic mass is 16.7. The Morgan fingerprint density at radius 1 is 1.14 bits per heavy atom. The fraction of sp³-hybridized carbons (Fsp3) is 0.300. The van der Waals surface area contributed by atoms with Crippen molar-refractivity contribution in [1.82, 2.24) is 10.2 Å². The molecule has 2 aliphatic rings. The molecule has 4 rings (SSSR count). The molecule has 1 N–H and O–H groups in total. The van der Waals surface area contributed by atoms with Crippen LogP contribution in [0.4, 0.5) is 10.5 Å². The number of ether oxygens (including phenoxy) is 3. The fourth-order valence-corrected chi connectivity index (χ4v) is 3.29. The van der Waals surface area contributed by atoms with Gasteiger partial charge in [0.25, 0.3) is 0 Å². The van der Waals surface area contributed by atoms with E-state index in [4.69, 9.17) is 14.2 Å². The van der Waals surface area contributed by atoms with Crippen molar-refractivity contribution < 1.29 is 23.8 Å². The van der Waals surface area contributed by atoms with Crippen LogP contribution in [0.15, 0.2) is 42.5 Å². The van der Waals surface area contributed by atoms with E-state index in [0.29, 0.717) is 42.6 Å². The zero-order valence-corrected chi connectivity index (χ0v) is 15.5. The number of nitrogens with zero attached hydrogens (tertiary/aromatic N) is 2. The zero-order chi connectivity index (χ0) is 19.5. The number of fused-ring (bicyclic) bond motifs is 1. The molecule has 8 heteroatoms. The average molecular weight is 383 g/mol. The van der Waals surface area contributed by atoms with Gasteiger partial charge in [-0.15, -0.1) is 0 Å². The van der Waals surface area contributed by atoms with Crippen molar-refractivity contribution in [2.75, 3.05) is 38.4 Å². The van der Waals surface area contributed by atoms with Crippen molar-refractivity contribution in [3.8, 4) is 17.2 Å². The molecule has 1 saturated heterocycles. The van der Waals surface area contributed by atoms with E-state index in [2.05, 4.69) is 5.32 Å². The van der Waals surface area contributed by atoms with E-state index < -0.39 is 0 Å². The summed E-state index contributed by atoms with van der Waals surface area (Å²) >= 11 is 0. The third kappa shape index (κ3) is 3.53. The lowest BCUT2D eigenvalue weighted by molar-refractivity contribution is -0.121. The third-order valence-electron chi connectivity index (χ3n) is 4.73. The standard InChI is InChI=1S/C20H21N3O5/c1-26-16-5-3-2-4-15(16)23-9-8-22(20(23)25)12-19(24)21-11-14-6-7-17-18(10-14)28-13-27-17/h2-7,10H,8-9,11-13H2,1H3,(H,21,24). The van der Waals surface area contributed by atoms with Gasteiger partial charge in [-0.05, 0) is 29.8 Å². The largest absolute Gasteiger partial charge is 0.495 e. The maximum atomic E-state index is 12.7. The maximum Gasteiger partial charge on any atom is 0.325 e. The molecular formula is C20H21N3O5. The van der Waals surface area contributed by atoms with Crippen molar-refractivity contribution in [2.45, 2.75) is 6.54 Å². The van der Waals surface area contributed by atoms with Gasteiger partial charge in [-0.3, -0.25) is 9.69 Å². The molecule has 8 nitrogen and oxygen atoms in total. The second-order valence-corrected chi connectivity index (χ2v) is 6.49. The van der Waals surface area contributed by atoms with Gasteiger partial charge in [0.05, 0.1) is 12.8 Å². The number of hydrogen-bond acceptors (Lipinski definition) is 5. The van der Waals surface area contributed by atoms with Crippen molar-refractivity contribution >= 4 is 17.6 Å². The van der Waals surface area contributed by atoms with E-state index in [1.807, 2.05) is 42.5 Å². The third-order valence-corrected chi connectivity index (χ3v) is 4.73. The molecule has 28 heavy (non-hydrogen) atoms. The quantitative estimate of drug-likeness (QED) is 0.825. The topological polar surface area (TPSA) is 80.3 Å². The molecule has 3 amide bonds. The fourth-order valence-electron chi connectivity index (χ4n) is 3.29. The van der Waals surface area contributed by atoms with Crippen LogP contribution in [0.2, 0.25) is 0 Å². The van der Waals surface area contributed by atoms with Gasteiger partial charge in [0, 0.05) is 19.6 Å². The Bertz CT molecular complexity index is 901. The number of rotatable bonds is 6. The lowest BCUT2D eigenvalue weighted by atomic mass is 10.2. The number of benzene rings is 2. The first kappa shape index (κ1) is 18.0. The molecule has 2 aromatic rings. The number of para-hydroxylation sites is 2. The number of carbonyl (C=O) groups excluding carboxylic acids is 2. The van der Waals surface area contributed by atoms with Crippen LogP contribution in [0.1, 0.15) is 5.56 Å². The smallest absolute Gasteiger partial charge is 0.325 e. The highest BCUT2D eigenvalue weighted by molar-refractivity contribution is 5.97. The van der Waals surface area contributed by atoms with Crippen LogP contribution in [0.5, 0.6) is 17.2 Å². The van der Waals surface area contributed by atoms with Crippen LogP contribution in [-0.4, -0.2) is 50.4 Å². The van der Waals surface area contributed by atoms with E-state index in [0.717, 1.165) is 5.56 Å². The van der Waals surface area contributed by atoms with Gasteiger partial charge in [0.2, 0.25) is 12.7 Å². The number of methoxy groups -OCH3 is 1. The van der Waals surface area contributed by atoms with Crippen LogP contribution in [0, 0.1) is 0 Å². The Morgan fingerprint density at radius 2 is 1.96 bits per heavy atom. The lowest BCUT2D eigenvalue weighted by Crippen LogP contribution is -2.39. The first-order valence-corrected chi connectivity index (χ1v) is 9.00. The Kier molecular flexibility index (Phi) is 4.92. The van der Waals surface area contributed by atoms with E-state index in [1.165, 1.54) is 4.90 Å². The molecule has 0 bridgehead atoms. The summed E-state index contributed by atoms with van der Waals surface area (Å²) in [5, 5.41) is 2.84. The lowest BCUT2D eigenvalue weighted by Gasteiger charge is -2.20. The monoisotopic (exact) mass is 383 g/mol. The number of carbonyl (C=O) groups is 2. The molecule has 0 saturated carbocycles. The summed E-state index contributed by atoms with van der Waals surface area (Å²) in [4.78, 5) is 28.2. The second kappa shape index (κ2) is 7.67. The normalized spacial score (nSPS) is 15.1. The summed E-state index contributed by atoms with van der Waals surface area (Å²) in [5.41, 5.74) is 1.61. The SMILES string of the molecule is COc1ccccc1N1CCN(CC(=O)NCc2ccc3c(c2)OCO3)C1=O. The van der Waals surface area contributed by atoms with Crippen molar-refractivity contribution in [1.29, 1.82) is 0 Å². The molecular weight excluding hydrogens is 362 g/mol. The van der Waals surface area contributed by atoms with Crippen molar-refractivity contribution in [3.05, 3.63) is 48.0 Å². The summed E-state index contributed by atoms with van der Waals surface area (Å²) in [6.45, 7) is 1.57. The van der Waals surface area contributed by atoms with Crippen LogP contribution >= 0.6 is 0 Å². The Balaban J connectivity index is 1.33. The molecule has 0 radical (unpaired) electrons. The molecule has 2 aromatic carbocycles. The molecule has 146 valence electrons. The average Bonchev–Trinajstić information content (AvgIpc) is 3.33. The van der Waals surface area contributed by atoms with Crippen LogP contribution < -0.4 is 24.4 Å². The number of urea groups is 1. The Hall–Kier alpha value is -3.42. The summed E-state index contributed by atoms with van der Waals surface area (Å²) in [6, 6.07) is 12.7. The van der Waals surface area contributed by atoms with Gasteiger partial charge in [-0.25, -0.2) is 4.79 Å². The second-order valence-electron chi connectivity index (χ2n) is 6.49. The molecule has 2 aliphatic heterocycles. The Morgan fingerprint density at radius 3 is 2.82 bits per heavy atom. The summed E-state index contributed by atoms with van der Waals surface area (Å²) in [5.74, 6) is 1.79. The minimum Gasteiger partial charge on any atom is -0.495 e. The van der Waals surface area contributed by atoms with E-state index in [9.17, 15) is 9.59 Å². The highest BCUT2D eigenvalue weighted by Crippen LogP contribution is 2.32. The minimum absolute atomic E-state index is 0.00896. The zero-order valence-electron chi connectivity index (χ0n) is 15.5. The summed E-state index contributed by atoms with van der Waals surface area (Å²) < 4.78 is 15.9.